The summed E-state index contributed by atoms with van der Waals surface area (Å²) in [5.41, 5.74) is 0. The quantitative estimate of drug-likeness (QED) is 0.312. The molecule has 0 bridgehead atoms. The van der Waals surface area contributed by atoms with Crippen LogP contribution in [0.25, 0.3) is 0 Å². The molecule has 0 aliphatic carbocycles. The maximum absolute atomic E-state index is 10.5. The molecule has 0 radical (unpaired) electrons. The Kier molecular flexibility index (Phi) is 30.2. The Labute approximate surface area is 105 Å². The maximum atomic E-state index is 10.5. The number of hydrogen-bond donors (Lipinski definition) is 2. The molecule has 0 aromatic carbocycles. The number of rotatable bonds is 7. The Morgan fingerprint density at radius 2 is 1.71 bits per heavy atom. The van der Waals surface area contributed by atoms with Gasteiger partial charge in [0.05, 0.1) is 19.8 Å². The van der Waals surface area contributed by atoms with Gasteiger partial charge in [-0.15, -0.1) is 13.2 Å². The first-order chi connectivity index (χ1) is 8.22. The molecule has 2 N–H and O–H groups in total. The molecule has 0 heterocycles. The van der Waals surface area contributed by atoms with Crippen LogP contribution in [0.3, 0.4) is 0 Å². The minimum atomic E-state index is -0.318. The van der Waals surface area contributed by atoms with Crippen molar-refractivity contribution in [1.29, 1.82) is 0 Å². The molecule has 0 saturated heterocycles. The normalized spacial score (nSPS) is 7.94. The predicted molar refractivity (Wildman–Crippen MR) is 70.7 cm³/mol. The molecule has 17 heavy (non-hydrogen) atoms. The van der Waals surface area contributed by atoms with Crippen molar-refractivity contribution in [3.8, 4) is 0 Å². The van der Waals surface area contributed by atoms with Crippen LogP contribution in [0.4, 0.5) is 0 Å². The molecule has 0 aromatic heterocycles. The van der Waals surface area contributed by atoms with Gasteiger partial charge in [0.1, 0.15) is 0 Å². The number of unbranched alkanes of at least 4 members (excludes halogenated alkanes) is 3. The highest BCUT2D eigenvalue weighted by Crippen LogP contribution is 1.98. The van der Waals surface area contributed by atoms with E-state index < -0.39 is 0 Å². The highest BCUT2D eigenvalue weighted by Gasteiger charge is 1.93. The third-order valence-corrected chi connectivity index (χ3v) is 1.51. The molecule has 0 saturated carbocycles. The van der Waals surface area contributed by atoms with Crippen molar-refractivity contribution in [3.63, 3.8) is 0 Å². The van der Waals surface area contributed by atoms with E-state index in [0.29, 0.717) is 6.61 Å². The van der Waals surface area contributed by atoms with Crippen LogP contribution in [0.5, 0.6) is 0 Å². The van der Waals surface area contributed by atoms with Gasteiger partial charge in [-0.05, 0) is 6.42 Å². The lowest BCUT2D eigenvalue weighted by atomic mass is 10.2. The van der Waals surface area contributed by atoms with Gasteiger partial charge in [0.2, 0.25) is 0 Å². The van der Waals surface area contributed by atoms with Gasteiger partial charge >= 0.3 is 5.97 Å². The summed E-state index contributed by atoms with van der Waals surface area (Å²) in [6.45, 7) is 11.7. The average molecular weight is 246 g/mol. The minimum Gasteiger partial charge on any atom is -0.463 e. The molecule has 102 valence electrons. The molecule has 4 heteroatoms. The molecule has 0 rings (SSSR count). The largest absolute Gasteiger partial charge is 0.463 e. The molecule has 0 fully saturated rings. The average Bonchev–Trinajstić information content (AvgIpc) is 2.40. The summed E-state index contributed by atoms with van der Waals surface area (Å²) in [5, 5.41) is 15.2. The van der Waals surface area contributed by atoms with Gasteiger partial charge < -0.3 is 14.9 Å². The Bertz CT molecular complexity index is 155. The molecular formula is C13H26O4. The van der Waals surface area contributed by atoms with Crippen LogP contribution >= 0.6 is 0 Å². The van der Waals surface area contributed by atoms with Crippen LogP contribution in [0.15, 0.2) is 25.8 Å². The summed E-state index contributed by atoms with van der Waals surface area (Å²) in [4.78, 5) is 10.5. The summed E-state index contributed by atoms with van der Waals surface area (Å²) in [6, 6.07) is 0. The number of carbonyl (C=O) groups excluding carboxylic acids is 1. The van der Waals surface area contributed by atoms with Crippen molar-refractivity contribution in [1.82, 2.24) is 0 Å². The van der Waals surface area contributed by atoms with Gasteiger partial charge in [0, 0.05) is 6.08 Å². The van der Waals surface area contributed by atoms with E-state index in [4.69, 9.17) is 14.9 Å². The molecule has 0 atom stereocenters. The summed E-state index contributed by atoms with van der Waals surface area (Å²) >= 11 is 0. The van der Waals surface area contributed by atoms with E-state index in [1.54, 1.807) is 0 Å². The second kappa shape index (κ2) is 24.2. The van der Waals surface area contributed by atoms with E-state index in [1.807, 2.05) is 0 Å². The third-order valence-electron chi connectivity index (χ3n) is 1.51. The zero-order valence-corrected chi connectivity index (χ0v) is 10.9. The van der Waals surface area contributed by atoms with Crippen LogP contribution in [0, 0.1) is 0 Å². The first-order valence-corrected chi connectivity index (χ1v) is 5.73. The molecule has 0 spiro atoms. The Morgan fingerprint density at radius 3 is 2.06 bits per heavy atom. The van der Waals surface area contributed by atoms with Crippen LogP contribution < -0.4 is 0 Å². The first-order valence-electron chi connectivity index (χ1n) is 5.73. The Morgan fingerprint density at radius 1 is 1.18 bits per heavy atom. The van der Waals surface area contributed by atoms with Gasteiger partial charge in [-0.25, -0.2) is 4.79 Å². The first kappa shape index (κ1) is 21.2. The number of carbonyl (C=O) groups is 1. The fraction of sp³-hybridized carbons (Fsp3) is 0.615. The second-order valence-corrected chi connectivity index (χ2v) is 2.88. The topological polar surface area (TPSA) is 66.8 Å². The van der Waals surface area contributed by atoms with Gasteiger partial charge in [0.25, 0.3) is 0 Å². The number of ether oxygens (including phenoxy) is 1. The van der Waals surface area contributed by atoms with Crippen molar-refractivity contribution in [3.05, 3.63) is 25.8 Å². The van der Waals surface area contributed by atoms with E-state index in [9.17, 15) is 4.79 Å². The lowest BCUT2D eigenvalue weighted by molar-refractivity contribution is -0.137. The third kappa shape index (κ3) is 31.3. The van der Waals surface area contributed by atoms with Crippen LogP contribution in [0.2, 0.25) is 0 Å². The maximum Gasteiger partial charge on any atom is 0.330 e. The van der Waals surface area contributed by atoms with E-state index in [-0.39, 0.29) is 19.2 Å². The summed E-state index contributed by atoms with van der Waals surface area (Å²) < 4.78 is 4.78. The number of hydrogen-bond acceptors (Lipinski definition) is 4. The summed E-state index contributed by atoms with van der Waals surface area (Å²) in [5.74, 6) is -0.318. The van der Waals surface area contributed by atoms with Crippen molar-refractivity contribution in [2.45, 2.75) is 32.6 Å². The van der Waals surface area contributed by atoms with E-state index in [0.717, 1.165) is 12.8 Å². The monoisotopic (exact) mass is 246 g/mol. The fourth-order valence-electron chi connectivity index (χ4n) is 0.761. The predicted octanol–water partition coefficient (Wildman–Crippen LogP) is 2.07. The molecule has 0 aromatic rings. The van der Waals surface area contributed by atoms with Crippen molar-refractivity contribution in [2.24, 2.45) is 0 Å². The molecule has 0 aliphatic heterocycles. The number of aliphatic hydroxyl groups excluding tert-OH is 2. The number of aliphatic hydroxyl groups is 2. The van der Waals surface area contributed by atoms with Crippen molar-refractivity contribution >= 4 is 5.97 Å². The fourth-order valence-corrected chi connectivity index (χ4v) is 0.761. The minimum absolute atomic E-state index is 0.125. The van der Waals surface area contributed by atoms with Crippen LogP contribution in [-0.2, 0) is 9.53 Å². The van der Waals surface area contributed by atoms with E-state index in [2.05, 4.69) is 26.7 Å². The van der Waals surface area contributed by atoms with Crippen LogP contribution in [-0.4, -0.2) is 36.0 Å². The Balaban J connectivity index is -0.000000275. The standard InChI is InChI=1S/C9H16O2.C2H6O2.C2H4/c1-3-5-6-7-8-11-9(10)4-2;3-1-2-4;1-2/h4H,2-3,5-8H2,1H3;3-4H,1-2H2;1-2H2. The van der Waals surface area contributed by atoms with Gasteiger partial charge in [-0.2, -0.15) is 0 Å². The van der Waals surface area contributed by atoms with Gasteiger partial charge in [-0.1, -0.05) is 32.8 Å². The van der Waals surface area contributed by atoms with E-state index >= 15 is 0 Å². The molecular weight excluding hydrogens is 220 g/mol. The smallest absolute Gasteiger partial charge is 0.330 e. The highest BCUT2D eigenvalue weighted by molar-refractivity contribution is 5.81. The lowest BCUT2D eigenvalue weighted by Crippen LogP contribution is -2.01. The Hall–Kier alpha value is -1.13. The van der Waals surface area contributed by atoms with Gasteiger partial charge in [0.15, 0.2) is 0 Å². The zero-order valence-electron chi connectivity index (χ0n) is 10.9. The van der Waals surface area contributed by atoms with Gasteiger partial charge in [-0.3, -0.25) is 0 Å². The SMILES string of the molecule is C=C.C=CC(=O)OCCCCCC.OCCO. The van der Waals surface area contributed by atoms with Crippen molar-refractivity contribution in [2.75, 3.05) is 19.8 Å². The molecule has 0 amide bonds. The molecule has 0 aliphatic rings. The zero-order chi connectivity index (χ0) is 13.9. The second-order valence-electron chi connectivity index (χ2n) is 2.88. The van der Waals surface area contributed by atoms with Crippen LogP contribution in [0.1, 0.15) is 32.6 Å². The van der Waals surface area contributed by atoms with E-state index in [1.165, 1.54) is 18.9 Å². The highest BCUT2D eigenvalue weighted by atomic mass is 16.5. The summed E-state index contributed by atoms with van der Waals surface area (Å²) in [6.07, 6.45) is 5.72. The molecule has 0 unspecified atom stereocenters. The van der Waals surface area contributed by atoms with Crippen molar-refractivity contribution < 1.29 is 19.7 Å². The lowest BCUT2D eigenvalue weighted by Gasteiger charge is -1.99. The number of esters is 1. The summed E-state index contributed by atoms with van der Waals surface area (Å²) in [7, 11) is 0. The molecule has 4 nitrogen and oxygen atoms in total.